The van der Waals surface area contributed by atoms with Crippen LogP contribution < -0.4 is 15.0 Å². The first-order chi connectivity index (χ1) is 16.0. The summed E-state index contributed by atoms with van der Waals surface area (Å²) in [5.41, 5.74) is 1.55. The van der Waals surface area contributed by atoms with Crippen molar-refractivity contribution in [2.45, 2.75) is 17.5 Å². The van der Waals surface area contributed by atoms with E-state index in [1.54, 1.807) is 24.0 Å². The Hall–Kier alpha value is -3.23. The summed E-state index contributed by atoms with van der Waals surface area (Å²) in [7, 11) is 5.64. The molecule has 0 bridgehead atoms. The lowest BCUT2D eigenvalue weighted by atomic mass is 10.2. The lowest BCUT2D eigenvalue weighted by molar-refractivity contribution is 0.261. The molecule has 0 aliphatic carbocycles. The van der Waals surface area contributed by atoms with E-state index in [0.29, 0.717) is 46.5 Å². The van der Waals surface area contributed by atoms with Crippen molar-refractivity contribution >= 4 is 22.7 Å². The molecule has 0 saturated heterocycles. The molecule has 172 valence electrons. The maximum absolute atomic E-state index is 13.5. The molecule has 2 aromatic carbocycles. The standard InChI is InChI=1S/C25H27N3O4S/c1-27(2)12-14-32-19-10-11-22-21(15-19)24(29)28(16-20-8-6-13-31-20)25(26-22)33-17-18-7-4-5-9-23(18)30-3/h4-11,13,15H,12,14,16-17H2,1-3H3. The van der Waals surface area contributed by atoms with Gasteiger partial charge in [0.1, 0.15) is 23.9 Å². The summed E-state index contributed by atoms with van der Waals surface area (Å²) in [6.07, 6.45) is 1.60. The van der Waals surface area contributed by atoms with Crippen molar-refractivity contribution < 1.29 is 13.9 Å². The molecule has 0 saturated carbocycles. The number of hydrogen-bond donors (Lipinski definition) is 0. The van der Waals surface area contributed by atoms with Gasteiger partial charge in [-0.1, -0.05) is 30.0 Å². The van der Waals surface area contributed by atoms with Crippen LogP contribution in [0.1, 0.15) is 11.3 Å². The van der Waals surface area contributed by atoms with E-state index in [2.05, 4.69) is 0 Å². The van der Waals surface area contributed by atoms with Gasteiger partial charge in [-0.25, -0.2) is 4.98 Å². The fraction of sp³-hybridized carbons (Fsp3) is 0.280. The number of likely N-dealkylation sites (N-methyl/N-ethyl adjacent to an activating group) is 1. The molecule has 2 aromatic heterocycles. The first-order valence-electron chi connectivity index (χ1n) is 10.6. The van der Waals surface area contributed by atoms with Crippen molar-refractivity contribution in [2.75, 3.05) is 34.4 Å². The number of rotatable bonds is 10. The molecular formula is C25H27N3O4S. The van der Waals surface area contributed by atoms with Crippen molar-refractivity contribution in [3.8, 4) is 11.5 Å². The second kappa shape index (κ2) is 10.6. The van der Waals surface area contributed by atoms with Crippen molar-refractivity contribution in [3.05, 3.63) is 82.5 Å². The molecule has 33 heavy (non-hydrogen) atoms. The molecule has 0 aliphatic heterocycles. The number of ether oxygens (including phenoxy) is 2. The van der Waals surface area contributed by atoms with Crippen LogP contribution in [0.4, 0.5) is 0 Å². The monoisotopic (exact) mass is 465 g/mol. The second-order valence-corrected chi connectivity index (χ2v) is 8.74. The van der Waals surface area contributed by atoms with Crippen molar-refractivity contribution in [3.63, 3.8) is 0 Å². The number of para-hydroxylation sites is 1. The summed E-state index contributed by atoms with van der Waals surface area (Å²) >= 11 is 1.50. The fourth-order valence-corrected chi connectivity index (χ4v) is 4.38. The topological polar surface area (TPSA) is 69.7 Å². The largest absolute Gasteiger partial charge is 0.496 e. The predicted octanol–water partition coefficient (Wildman–Crippen LogP) is 4.28. The van der Waals surface area contributed by atoms with E-state index in [1.807, 2.05) is 67.5 Å². The fourth-order valence-electron chi connectivity index (χ4n) is 3.39. The van der Waals surface area contributed by atoms with Crippen molar-refractivity contribution in [2.24, 2.45) is 0 Å². The number of methoxy groups -OCH3 is 1. The van der Waals surface area contributed by atoms with E-state index < -0.39 is 0 Å². The van der Waals surface area contributed by atoms with Gasteiger partial charge < -0.3 is 18.8 Å². The Kier molecular flexibility index (Phi) is 7.36. The summed E-state index contributed by atoms with van der Waals surface area (Å²) in [6.45, 7) is 1.63. The van der Waals surface area contributed by atoms with E-state index in [0.717, 1.165) is 17.9 Å². The van der Waals surface area contributed by atoms with Crippen molar-refractivity contribution in [1.82, 2.24) is 14.5 Å². The average molecular weight is 466 g/mol. The Bertz CT molecular complexity index is 1270. The highest BCUT2D eigenvalue weighted by molar-refractivity contribution is 7.98. The lowest BCUT2D eigenvalue weighted by Gasteiger charge is -2.14. The van der Waals surface area contributed by atoms with Gasteiger partial charge in [0, 0.05) is 17.9 Å². The van der Waals surface area contributed by atoms with Gasteiger partial charge in [-0.15, -0.1) is 0 Å². The number of nitrogens with zero attached hydrogens (tertiary/aromatic N) is 3. The molecule has 0 unspecified atom stereocenters. The highest BCUT2D eigenvalue weighted by Crippen LogP contribution is 2.28. The van der Waals surface area contributed by atoms with E-state index in [9.17, 15) is 4.79 Å². The van der Waals surface area contributed by atoms with Crippen LogP contribution in [0.2, 0.25) is 0 Å². The lowest BCUT2D eigenvalue weighted by Crippen LogP contribution is -2.24. The zero-order valence-electron chi connectivity index (χ0n) is 19.0. The minimum Gasteiger partial charge on any atom is -0.496 e. The summed E-state index contributed by atoms with van der Waals surface area (Å²) < 4.78 is 18.5. The Morgan fingerprint density at radius 1 is 1.12 bits per heavy atom. The number of aromatic nitrogens is 2. The molecule has 0 atom stereocenters. The Morgan fingerprint density at radius 3 is 2.73 bits per heavy atom. The quantitative estimate of drug-likeness (QED) is 0.256. The number of hydrogen-bond acceptors (Lipinski definition) is 7. The van der Waals surface area contributed by atoms with E-state index in [1.165, 1.54) is 11.8 Å². The molecule has 8 heteroatoms. The highest BCUT2D eigenvalue weighted by Gasteiger charge is 2.15. The van der Waals surface area contributed by atoms with E-state index >= 15 is 0 Å². The van der Waals surface area contributed by atoms with Crippen LogP contribution >= 0.6 is 11.8 Å². The SMILES string of the molecule is COc1ccccc1CSc1nc2ccc(OCCN(C)C)cc2c(=O)n1Cc1ccco1. The smallest absolute Gasteiger partial charge is 0.262 e. The Labute approximate surface area is 196 Å². The molecular weight excluding hydrogens is 438 g/mol. The van der Waals surface area contributed by atoms with E-state index in [4.69, 9.17) is 18.9 Å². The van der Waals surface area contributed by atoms with Gasteiger partial charge in [-0.05, 0) is 50.5 Å². The number of benzene rings is 2. The van der Waals surface area contributed by atoms with E-state index in [-0.39, 0.29) is 5.56 Å². The minimum absolute atomic E-state index is 0.128. The third kappa shape index (κ3) is 5.58. The Balaban J connectivity index is 1.69. The summed E-state index contributed by atoms with van der Waals surface area (Å²) in [5, 5.41) is 1.14. The highest BCUT2D eigenvalue weighted by atomic mass is 32.2. The molecule has 0 amide bonds. The normalized spacial score (nSPS) is 11.3. The van der Waals surface area contributed by atoms with Crippen LogP contribution in [-0.4, -0.2) is 48.8 Å². The number of fused-ring (bicyclic) bond motifs is 1. The first kappa shape index (κ1) is 22.9. The second-order valence-electron chi connectivity index (χ2n) is 7.80. The first-order valence-corrected chi connectivity index (χ1v) is 11.6. The minimum atomic E-state index is -0.128. The number of furan rings is 1. The van der Waals surface area contributed by atoms with Crippen LogP contribution in [0, 0.1) is 0 Å². The van der Waals surface area contributed by atoms with Crippen molar-refractivity contribution in [1.29, 1.82) is 0 Å². The van der Waals surface area contributed by atoms with Crippen LogP contribution in [0.15, 0.2) is 75.2 Å². The van der Waals surface area contributed by atoms with Gasteiger partial charge in [-0.2, -0.15) is 0 Å². The van der Waals surface area contributed by atoms with Gasteiger partial charge >= 0.3 is 0 Å². The number of thioether (sulfide) groups is 1. The van der Waals surface area contributed by atoms with Crippen LogP contribution in [0.25, 0.3) is 10.9 Å². The summed E-state index contributed by atoms with van der Waals surface area (Å²) in [4.78, 5) is 20.4. The van der Waals surface area contributed by atoms with Gasteiger partial charge in [0.15, 0.2) is 5.16 Å². The van der Waals surface area contributed by atoms with Crippen LogP contribution in [0.3, 0.4) is 0 Å². The molecule has 0 N–H and O–H groups in total. The molecule has 7 nitrogen and oxygen atoms in total. The maximum Gasteiger partial charge on any atom is 0.262 e. The molecule has 0 spiro atoms. The zero-order chi connectivity index (χ0) is 23.2. The zero-order valence-corrected chi connectivity index (χ0v) is 19.8. The molecule has 0 radical (unpaired) electrons. The molecule has 2 heterocycles. The third-order valence-electron chi connectivity index (χ3n) is 5.14. The molecule has 4 rings (SSSR count). The van der Waals surface area contributed by atoms with Gasteiger partial charge in [0.2, 0.25) is 0 Å². The Morgan fingerprint density at radius 2 is 1.97 bits per heavy atom. The van der Waals surface area contributed by atoms with Gasteiger partial charge in [0.25, 0.3) is 5.56 Å². The van der Waals surface area contributed by atoms with Crippen LogP contribution in [0.5, 0.6) is 11.5 Å². The molecule has 0 aliphatic rings. The van der Waals surface area contributed by atoms with Gasteiger partial charge in [-0.3, -0.25) is 9.36 Å². The van der Waals surface area contributed by atoms with Gasteiger partial charge in [0.05, 0.1) is 30.8 Å². The summed E-state index contributed by atoms with van der Waals surface area (Å²) in [6, 6.07) is 17.0. The average Bonchev–Trinajstić information content (AvgIpc) is 3.33. The third-order valence-corrected chi connectivity index (χ3v) is 6.17. The molecule has 4 aromatic rings. The van der Waals surface area contributed by atoms with Crippen LogP contribution in [-0.2, 0) is 12.3 Å². The molecule has 0 fully saturated rings. The maximum atomic E-state index is 13.5. The summed E-state index contributed by atoms with van der Waals surface area (Å²) in [5.74, 6) is 2.77. The predicted molar refractivity (Wildman–Crippen MR) is 130 cm³/mol.